The lowest BCUT2D eigenvalue weighted by Crippen LogP contribution is -2.33. The van der Waals surface area contributed by atoms with E-state index in [0.717, 1.165) is 22.4 Å². The van der Waals surface area contributed by atoms with Crippen molar-refractivity contribution in [2.45, 2.75) is 20.8 Å². The van der Waals surface area contributed by atoms with Gasteiger partial charge >= 0.3 is 0 Å². The first-order valence-corrected chi connectivity index (χ1v) is 10.6. The molecule has 4 rings (SSSR count). The largest absolute Gasteiger partial charge is 0.496 e. The molecule has 1 N–H and O–H groups in total. The number of methoxy groups -OCH3 is 1. The SMILES string of the molecule is COc1ccccc1C1=C(Nc2cc(C)cc(C)c2)C(=O)N(c2cc(Cl)ccc2C)C1=O. The summed E-state index contributed by atoms with van der Waals surface area (Å²) < 4.78 is 5.50. The number of aryl methyl sites for hydroxylation is 3. The molecule has 6 heteroatoms. The van der Waals surface area contributed by atoms with Crippen molar-refractivity contribution in [3.63, 3.8) is 0 Å². The van der Waals surface area contributed by atoms with Crippen molar-refractivity contribution in [2.24, 2.45) is 0 Å². The summed E-state index contributed by atoms with van der Waals surface area (Å²) in [6, 6.07) is 18.2. The zero-order valence-electron chi connectivity index (χ0n) is 18.3. The van der Waals surface area contributed by atoms with Crippen LogP contribution in [0.5, 0.6) is 5.75 Å². The molecule has 0 spiro atoms. The molecule has 0 fully saturated rings. The van der Waals surface area contributed by atoms with E-state index in [1.165, 1.54) is 12.0 Å². The number of carbonyl (C=O) groups excluding carboxylic acids is 2. The number of hydrogen-bond acceptors (Lipinski definition) is 4. The topological polar surface area (TPSA) is 58.6 Å². The Hall–Kier alpha value is -3.57. The minimum atomic E-state index is -0.444. The monoisotopic (exact) mass is 446 g/mol. The molecule has 0 aromatic heterocycles. The Bertz CT molecular complexity index is 1260. The normalized spacial score (nSPS) is 13.7. The lowest BCUT2D eigenvalue weighted by atomic mass is 10.0. The average Bonchev–Trinajstić information content (AvgIpc) is 2.98. The van der Waals surface area contributed by atoms with Crippen molar-refractivity contribution < 1.29 is 14.3 Å². The second-order valence-corrected chi connectivity index (χ2v) is 8.26. The van der Waals surface area contributed by atoms with Gasteiger partial charge in [-0.2, -0.15) is 0 Å². The average molecular weight is 447 g/mol. The van der Waals surface area contributed by atoms with Crippen LogP contribution in [0.25, 0.3) is 5.57 Å². The van der Waals surface area contributed by atoms with Crippen molar-refractivity contribution in [3.8, 4) is 5.75 Å². The van der Waals surface area contributed by atoms with E-state index in [4.69, 9.17) is 16.3 Å². The summed E-state index contributed by atoms with van der Waals surface area (Å²) in [6.45, 7) is 5.80. The van der Waals surface area contributed by atoms with E-state index >= 15 is 0 Å². The summed E-state index contributed by atoms with van der Waals surface area (Å²) in [6.07, 6.45) is 0. The number of carbonyl (C=O) groups is 2. The highest BCUT2D eigenvalue weighted by Gasteiger charge is 2.41. The molecule has 0 saturated carbocycles. The molecular formula is C26H23ClN2O3. The van der Waals surface area contributed by atoms with E-state index in [1.807, 2.05) is 51.1 Å². The van der Waals surface area contributed by atoms with Gasteiger partial charge in [-0.15, -0.1) is 0 Å². The number of benzene rings is 3. The number of nitrogens with one attached hydrogen (secondary N) is 1. The van der Waals surface area contributed by atoms with Gasteiger partial charge in [0.25, 0.3) is 11.8 Å². The second kappa shape index (κ2) is 8.52. The summed E-state index contributed by atoms with van der Waals surface area (Å²) in [5.41, 5.74) is 5.05. The first-order chi connectivity index (χ1) is 15.3. The van der Waals surface area contributed by atoms with Crippen LogP contribution in [0.15, 0.2) is 66.4 Å². The first-order valence-electron chi connectivity index (χ1n) is 10.2. The summed E-state index contributed by atoms with van der Waals surface area (Å²) in [5.74, 6) is -0.370. The first kappa shape index (κ1) is 21.7. The summed E-state index contributed by atoms with van der Waals surface area (Å²) in [5, 5.41) is 3.66. The third kappa shape index (κ3) is 3.87. The highest BCUT2D eigenvalue weighted by atomic mass is 35.5. The number of para-hydroxylation sites is 1. The van der Waals surface area contributed by atoms with Crippen LogP contribution < -0.4 is 15.0 Å². The van der Waals surface area contributed by atoms with Gasteiger partial charge in [-0.1, -0.05) is 41.9 Å². The highest BCUT2D eigenvalue weighted by Crippen LogP contribution is 2.39. The van der Waals surface area contributed by atoms with Crippen molar-refractivity contribution in [1.82, 2.24) is 0 Å². The molecule has 0 saturated heterocycles. The smallest absolute Gasteiger partial charge is 0.282 e. The molecule has 5 nitrogen and oxygen atoms in total. The van der Waals surface area contributed by atoms with Crippen LogP contribution in [0.2, 0.25) is 5.02 Å². The fourth-order valence-corrected chi connectivity index (χ4v) is 4.15. The molecule has 3 aromatic rings. The van der Waals surface area contributed by atoms with E-state index in [9.17, 15) is 9.59 Å². The predicted molar refractivity (Wildman–Crippen MR) is 128 cm³/mol. The molecule has 2 amide bonds. The molecule has 0 bridgehead atoms. The highest BCUT2D eigenvalue weighted by molar-refractivity contribution is 6.46. The van der Waals surface area contributed by atoms with E-state index in [1.54, 1.807) is 30.3 Å². The quantitative estimate of drug-likeness (QED) is 0.513. The Kier molecular flexibility index (Phi) is 5.76. The minimum Gasteiger partial charge on any atom is -0.496 e. The molecule has 0 radical (unpaired) electrons. The fourth-order valence-electron chi connectivity index (χ4n) is 3.98. The Balaban J connectivity index is 1.91. The third-order valence-electron chi connectivity index (χ3n) is 5.36. The van der Waals surface area contributed by atoms with Crippen LogP contribution in [-0.4, -0.2) is 18.9 Å². The van der Waals surface area contributed by atoms with E-state index in [0.29, 0.717) is 22.0 Å². The zero-order chi connectivity index (χ0) is 23.0. The van der Waals surface area contributed by atoms with Crippen LogP contribution in [0.3, 0.4) is 0 Å². The van der Waals surface area contributed by atoms with Crippen LogP contribution in [0, 0.1) is 20.8 Å². The van der Waals surface area contributed by atoms with Crippen LogP contribution in [0.1, 0.15) is 22.3 Å². The maximum Gasteiger partial charge on any atom is 0.282 e. The van der Waals surface area contributed by atoms with Gasteiger partial charge in [0.15, 0.2) is 0 Å². The number of ether oxygens (including phenoxy) is 1. The van der Waals surface area contributed by atoms with Gasteiger partial charge < -0.3 is 10.1 Å². The lowest BCUT2D eigenvalue weighted by Gasteiger charge is -2.18. The van der Waals surface area contributed by atoms with Crippen molar-refractivity contribution in [2.75, 3.05) is 17.3 Å². The summed E-state index contributed by atoms with van der Waals surface area (Å²) >= 11 is 6.19. The molecular weight excluding hydrogens is 424 g/mol. The molecule has 162 valence electrons. The van der Waals surface area contributed by atoms with Gasteiger partial charge in [0, 0.05) is 16.3 Å². The predicted octanol–water partition coefficient (Wildman–Crippen LogP) is 5.67. The third-order valence-corrected chi connectivity index (χ3v) is 5.60. The Labute approximate surface area is 192 Å². The van der Waals surface area contributed by atoms with Gasteiger partial charge in [0.05, 0.1) is 18.4 Å². The lowest BCUT2D eigenvalue weighted by molar-refractivity contribution is -0.120. The minimum absolute atomic E-state index is 0.198. The van der Waals surface area contributed by atoms with E-state index < -0.39 is 11.8 Å². The fraction of sp³-hybridized carbons (Fsp3) is 0.154. The molecule has 3 aromatic carbocycles. The summed E-state index contributed by atoms with van der Waals surface area (Å²) in [4.78, 5) is 28.5. The molecule has 0 atom stereocenters. The number of halogens is 1. The van der Waals surface area contributed by atoms with Crippen LogP contribution >= 0.6 is 11.6 Å². The number of hydrogen-bond donors (Lipinski definition) is 1. The van der Waals surface area contributed by atoms with Gasteiger partial charge in [-0.05, 0) is 67.8 Å². The van der Waals surface area contributed by atoms with Crippen molar-refractivity contribution in [1.29, 1.82) is 0 Å². The Morgan fingerprint density at radius 2 is 1.56 bits per heavy atom. The number of amides is 2. The number of rotatable bonds is 5. The number of anilines is 2. The molecule has 0 aliphatic carbocycles. The van der Waals surface area contributed by atoms with Gasteiger partial charge in [0.2, 0.25) is 0 Å². The maximum atomic E-state index is 13.7. The van der Waals surface area contributed by atoms with Crippen molar-refractivity contribution >= 4 is 40.4 Å². The molecule has 1 aliphatic rings. The Morgan fingerprint density at radius 3 is 2.25 bits per heavy atom. The Morgan fingerprint density at radius 1 is 0.875 bits per heavy atom. The van der Waals surface area contributed by atoms with Gasteiger partial charge in [0.1, 0.15) is 11.4 Å². The van der Waals surface area contributed by atoms with Gasteiger partial charge in [-0.3, -0.25) is 9.59 Å². The summed E-state index contributed by atoms with van der Waals surface area (Å²) in [7, 11) is 1.54. The van der Waals surface area contributed by atoms with Crippen LogP contribution in [0.4, 0.5) is 11.4 Å². The number of nitrogens with zero attached hydrogens (tertiary/aromatic N) is 1. The van der Waals surface area contributed by atoms with Gasteiger partial charge in [-0.25, -0.2) is 4.90 Å². The molecule has 32 heavy (non-hydrogen) atoms. The maximum absolute atomic E-state index is 13.7. The van der Waals surface area contributed by atoms with E-state index in [-0.39, 0.29) is 11.3 Å². The second-order valence-electron chi connectivity index (χ2n) is 7.83. The zero-order valence-corrected chi connectivity index (χ0v) is 19.1. The number of imide groups is 1. The molecule has 1 aliphatic heterocycles. The van der Waals surface area contributed by atoms with E-state index in [2.05, 4.69) is 5.32 Å². The standard InChI is InChI=1S/C26H23ClN2O3/c1-15-11-16(2)13-19(12-15)28-24-23(20-7-5-6-8-22(20)32-4)25(30)29(26(24)31)21-14-18(27)10-9-17(21)3/h5-14,28H,1-4H3. The van der Waals surface area contributed by atoms with Crippen molar-refractivity contribution in [3.05, 3.63) is 93.6 Å². The molecule has 0 unspecified atom stereocenters. The van der Waals surface area contributed by atoms with Crippen LogP contribution in [-0.2, 0) is 9.59 Å². The molecule has 1 heterocycles.